The number of halogens is 1. The summed E-state index contributed by atoms with van der Waals surface area (Å²) in [7, 11) is 0. The number of ether oxygens (including phenoxy) is 1. The third-order valence-corrected chi connectivity index (χ3v) is 5.43. The number of urea groups is 1. The molecule has 2 atom stereocenters. The van der Waals surface area contributed by atoms with E-state index in [-0.39, 0.29) is 12.3 Å². The number of primary amides is 1. The number of benzene rings is 1. The summed E-state index contributed by atoms with van der Waals surface area (Å²) in [6.45, 7) is 4.88. The third-order valence-electron chi connectivity index (χ3n) is 5.18. The van der Waals surface area contributed by atoms with Crippen LogP contribution in [0.2, 0.25) is 5.02 Å². The normalized spacial score (nSPS) is 21.8. The van der Waals surface area contributed by atoms with Gasteiger partial charge in [0, 0.05) is 44.4 Å². The molecule has 7 nitrogen and oxygen atoms in total. The van der Waals surface area contributed by atoms with Gasteiger partial charge in [0.25, 0.3) is 0 Å². The quantitative estimate of drug-likeness (QED) is 0.769. The average molecular weight is 395 g/mol. The predicted octanol–water partition coefficient (Wildman–Crippen LogP) is 1.76. The molecule has 3 rings (SSSR count). The van der Waals surface area contributed by atoms with E-state index in [2.05, 4.69) is 10.2 Å². The molecule has 2 fully saturated rings. The van der Waals surface area contributed by atoms with E-state index in [4.69, 9.17) is 22.1 Å². The second-order valence-corrected chi connectivity index (χ2v) is 7.57. The van der Waals surface area contributed by atoms with Crippen molar-refractivity contribution in [2.45, 2.75) is 31.4 Å². The highest BCUT2D eigenvalue weighted by atomic mass is 35.5. The van der Waals surface area contributed by atoms with Crippen LogP contribution < -0.4 is 11.1 Å². The predicted molar refractivity (Wildman–Crippen MR) is 104 cm³/mol. The lowest BCUT2D eigenvalue weighted by Crippen LogP contribution is -2.51. The van der Waals surface area contributed by atoms with E-state index in [1.165, 1.54) is 0 Å². The van der Waals surface area contributed by atoms with Crippen LogP contribution in [0, 0.1) is 0 Å². The Labute approximate surface area is 164 Å². The molecule has 27 heavy (non-hydrogen) atoms. The Balaban J connectivity index is 1.52. The van der Waals surface area contributed by atoms with Crippen molar-refractivity contribution in [3.63, 3.8) is 0 Å². The van der Waals surface area contributed by atoms with Gasteiger partial charge in [-0.15, -0.1) is 0 Å². The maximum atomic E-state index is 12.7. The minimum Gasteiger partial charge on any atom is -0.377 e. The van der Waals surface area contributed by atoms with E-state index in [1.807, 2.05) is 4.90 Å². The van der Waals surface area contributed by atoms with Gasteiger partial charge in [-0.05, 0) is 30.5 Å². The Morgan fingerprint density at radius 3 is 2.52 bits per heavy atom. The van der Waals surface area contributed by atoms with Crippen LogP contribution in [0.25, 0.3) is 0 Å². The van der Waals surface area contributed by atoms with E-state index >= 15 is 0 Å². The fourth-order valence-corrected chi connectivity index (χ4v) is 3.80. The van der Waals surface area contributed by atoms with Gasteiger partial charge in [-0.1, -0.05) is 23.7 Å². The number of nitrogens with two attached hydrogens (primary N) is 1. The van der Waals surface area contributed by atoms with Crippen LogP contribution in [0.15, 0.2) is 24.3 Å². The molecule has 3 N–H and O–H groups in total. The zero-order valence-corrected chi connectivity index (χ0v) is 16.2. The van der Waals surface area contributed by atoms with Crippen LogP contribution >= 0.6 is 11.6 Å². The first-order chi connectivity index (χ1) is 13.0. The second-order valence-electron chi connectivity index (χ2n) is 7.13. The van der Waals surface area contributed by atoms with Crippen molar-refractivity contribution in [3.8, 4) is 0 Å². The first-order valence-corrected chi connectivity index (χ1v) is 9.82. The molecule has 0 radical (unpaired) electrons. The third kappa shape index (κ3) is 5.82. The Kier molecular flexibility index (Phi) is 6.93. The average Bonchev–Trinajstić information content (AvgIpc) is 3.15. The molecule has 2 saturated heterocycles. The van der Waals surface area contributed by atoms with Crippen molar-refractivity contribution < 1.29 is 14.3 Å². The molecule has 1 aromatic carbocycles. The summed E-state index contributed by atoms with van der Waals surface area (Å²) in [4.78, 5) is 28.3. The van der Waals surface area contributed by atoms with Crippen LogP contribution in [-0.4, -0.2) is 67.2 Å². The summed E-state index contributed by atoms with van der Waals surface area (Å²) >= 11 is 5.92. The zero-order valence-electron chi connectivity index (χ0n) is 15.4. The van der Waals surface area contributed by atoms with E-state index in [0.717, 1.165) is 44.6 Å². The molecule has 0 saturated carbocycles. The Hall–Kier alpha value is -1.83. The number of carbonyl (C=O) groups excluding carboxylic acids is 2. The molecule has 1 aromatic rings. The fraction of sp³-hybridized carbons (Fsp3) is 0.579. The van der Waals surface area contributed by atoms with E-state index < -0.39 is 12.1 Å². The topological polar surface area (TPSA) is 87.9 Å². The molecule has 8 heteroatoms. The molecule has 2 aliphatic rings. The van der Waals surface area contributed by atoms with Gasteiger partial charge in [-0.2, -0.15) is 0 Å². The Morgan fingerprint density at radius 2 is 1.93 bits per heavy atom. The summed E-state index contributed by atoms with van der Waals surface area (Å²) in [5, 5.41) is 3.27. The van der Waals surface area contributed by atoms with Gasteiger partial charge < -0.3 is 20.7 Å². The molecular weight excluding hydrogens is 368 g/mol. The summed E-state index contributed by atoms with van der Waals surface area (Å²) in [5.41, 5.74) is 6.10. The van der Waals surface area contributed by atoms with Gasteiger partial charge in [0.1, 0.15) is 0 Å². The molecular formula is C19H27ClN4O3. The van der Waals surface area contributed by atoms with Gasteiger partial charge in [0.15, 0.2) is 0 Å². The maximum absolute atomic E-state index is 12.7. The summed E-state index contributed by atoms with van der Waals surface area (Å²) in [6, 6.07) is 5.97. The molecule has 0 bridgehead atoms. The van der Waals surface area contributed by atoms with Crippen LogP contribution in [-0.2, 0) is 9.53 Å². The Morgan fingerprint density at radius 1 is 1.22 bits per heavy atom. The van der Waals surface area contributed by atoms with Crippen LogP contribution in [0.1, 0.15) is 30.9 Å². The van der Waals surface area contributed by atoms with Gasteiger partial charge in [0.05, 0.1) is 18.6 Å². The highest BCUT2D eigenvalue weighted by Crippen LogP contribution is 2.21. The smallest absolute Gasteiger partial charge is 0.312 e. The SMILES string of the molecule is NC(=O)N[C@@H](CC(=O)N1CCN(C[C@@H]2CCCO2)CC1)c1ccc(Cl)cc1. The molecule has 0 aromatic heterocycles. The fourth-order valence-electron chi connectivity index (χ4n) is 3.68. The molecule has 0 spiro atoms. The highest BCUT2D eigenvalue weighted by molar-refractivity contribution is 6.30. The first-order valence-electron chi connectivity index (χ1n) is 9.44. The zero-order chi connectivity index (χ0) is 19.2. The van der Waals surface area contributed by atoms with Gasteiger partial charge >= 0.3 is 6.03 Å². The minimum absolute atomic E-state index is 0.0143. The molecule has 2 heterocycles. The van der Waals surface area contributed by atoms with Gasteiger partial charge in [0.2, 0.25) is 5.91 Å². The first kappa shape index (κ1) is 19.9. The van der Waals surface area contributed by atoms with Crippen molar-refractivity contribution in [3.05, 3.63) is 34.9 Å². The lowest BCUT2D eigenvalue weighted by molar-refractivity contribution is -0.133. The van der Waals surface area contributed by atoms with Crippen molar-refractivity contribution >= 4 is 23.5 Å². The van der Waals surface area contributed by atoms with Crippen molar-refractivity contribution in [1.82, 2.24) is 15.1 Å². The van der Waals surface area contributed by atoms with Crippen LogP contribution in [0.5, 0.6) is 0 Å². The number of carbonyl (C=O) groups is 2. The molecule has 2 aliphatic heterocycles. The summed E-state index contributed by atoms with van der Waals surface area (Å²) in [5.74, 6) is 0.0143. The standard InChI is InChI=1S/C19H27ClN4O3/c20-15-5-3-14(4-6-15)17(22-19(21)26)12-18(25)24-9-7-23(8-10-24)13-16-2-1-11-27-16/h3-6,16-17H,1-2,7-13H2,(H3,21,22,26)/t16-,17-/m0/s1. The molecule has 0 unspecified atom stereocenters. The number of piperazine rings is 1. The number of rotatable bonds is 6. The number of amides is 3. The number of nitrogens with zero attached hydrogens (tertiary/aromatic N) is 2. The number of nitrogens with one attached hydrogen (secondary N) is 1. The molecule has 0 aliphatic carbocycles. The summed E-state index contributed by atoms with van der Waals surface area (Å²) < 4.78 is 5.69. The van der Waals surface area contributed by atoms with Crippen molar-refractivity contribution in [1.29, 1.82) is 0 Å². The monoisotopic (exact) mass is 394 g/mol. The Bertz CT molecular complexity index is 641. The summed E-state index contributed by atoms with van der Waals surface area (Å²) in [6.07, 6.45) is 2.78. The minimum atomic E-state index is -0.649. The second kappa shape index (κ2) is 9.39. The van der Waals surface area contributed by atoms with Crippen LogP contribution in [0.3, 0.4) is 0 Å². The lowest BCUT2D eigenvalue weighted by Gasteiger charge is -2.36. The lowest BCUT2D eigenvalue weighted by atomic mass is 10.0. The molecule has 3 amide bonds. The van der Waals surface area contributed by atoms with Crippen molar-refractivity contribution in [2.24, 2.45) is 5.73 Å². The van der Waals surface area contributed by atoms with Gasteiger partial charge in [-0.3, -0.25) is 9.69 Å². The van der Waals surface area contributed by atoms with E-state index in [0.29, 0.717) is 24.2 Å². The number of hydrogen-bond acceptors (Lipinski definition) is 4. The van der Waals surface area contributed by atoms with Gasteiger partial charge in [-0.25, -0.2) is 4.79 Å². The molecule has 148 valence electrons. The maximum Gasteiger partial charge on any atom is 0.312 e. The van der Waals surface area contributed by atoms with Crippen LogP contribution in [0.4, 0.5) is 4.79 Å². The van der Waals surface area contributed by atoms with Crippen molar-refractivity contribution in [2.75, 3.05) is 39.3 Å². The van der Waals surface area contributed by atoms with E-state index in [1.54, 1.807) is 24.3 Å². The number of hydrogen-bond donors (Lipinski definition) is 2. The largest absolute Gasteiger partial charge is 0.377 e. The van der Waals surface area contributed by atoms with E-state index in [9.17, 15) is 9.59 Å². The highest BCUT2D eigenvalue weighted by Gasteiger charge is 2.27.